The van der Waals surface area contributed by atoms with Crippen molar-refractivity contribution < 1.29 is 4.79 Å². The monoisotopic (exact) mass is 259 g/mol. The van der Waals surface area contributed by atoms with Crippen LogP contribution in [0.4, 0.5) is 0 Å². The molecule has 1 aliphatic rings. The summed E-state index contributed by atoms with van der Waals surface area (Å²) < 4.78 is 0. The van der Waals surface area contributed by atoms with Gasteiger partial charge in [-0.15, -0.1) is 0 Å². The van der Waals surface area contributed by atoms with E-state index < -0.39 is 0 Å². The lowest BCUT2D eigenvalue weighted by Gasteiger charge is -2.45. The van der Waals surface area contributed by atoms with E-state index in [-0.39, 0.29) is 11.5 Å². The Morgan fingerprint density at radius 1 is 1.26 bits per heavy atom. The predicted octanol–water partition coefficient (Wildman–Crippen LogP) is 3.53. The summed E-state index contributed by atoms with van der Waals surface area (Å²) in [6.07, 6.45) is 3.57. The van der Waals surface area contributed by atoms with E-state index in [9.17, 15) is 4.79 Å². The lowest BCUT2D eigenvalue weighted by molar-refractivity contribution is -0.128. The van der Waals surface area contributed by atoms with E-state index in [2.05, 4.69) is 57.1 Å². The van der Waals surface area contributed by atoms with Crippen LogP contribution in [0.2, 0.25) is 0 Å². The Labute approximate surface area is 116 Å². The van der Waals surface area contributed by atoms with Crippen molar-refractivity contribution in [2.75, 3.05) is 14.1 Å². The average Bonchev–Trinajstić information content (AvgIpc) is 2.40. The SMILES string of the molecule is CCC1CC(c2ccc(C)cc2)(N(C)C)CCC1=O. The number of nitrogens with zero attached hydrogens (tertiary/aromatic N) is 1. The van der Waals surface area contributed by atoms with E-state index in [0.29, 0.717) is 12.2 Å². The minimum absolute atomic E-state index is 0.0300. The predicted molar refractivity (Wildman–Crippen MR) is 79.2 cm³/mol. The van der Waals surface area contributed by atoms with Gasteiger partial charge in [0.05, 0.1) is 0 Å². The van der Waals surface area contributed by atoms with Gasteiger partial charge in [0.2, 0.25) is 0 Å². The van der Waals surface area contributed by atoms with Crippen LogP contribution in [0, 0.1) is 12.8 Å². The third-order valence-electron chi connectivity index (χ3n) is 4.76. The third-order valence-corrected chi connectivity index (χ3v) is 4.76. The molecule has 1 aromatic carbocycles. The first-order valence-electron chi connectivity index (χ1n) is 7.27. The number of hydrogen-bond donors (Lipinski definition) is 0. The van der Waals surface area contributed by atoms with Crippen LogP contribution in [0.25, 0.3) is 0 Å². The molecule has 0 aromatic heterocycles. The molecule has 2 heteroatoms. The maximum atomic E-state index is 12.0. The highest BCUT2D eigenvalue weighted by Gasteiger charge is 2.42. The Hall–Kier alpha value is -1.15. The maximum absolute atomic E-state index is 12.0. The molecule has 1 saturated carbocycles. The van der Waals surface area contributed by atoms with E-state index in [1.54, 1.807) is 0 Å². The summed E-state index contributed by atoms with van der Waals surface area (Å²) in [6, 6.07) is 8.83. The molecule has 0 heterocycles. The van der Waals surface area contributed by atoms with Crippen LogP contribution < -0.4 is 0 Å². The van der Waals surface area contributed by atoms with E-state index in [1.807, 2.05) is 0 Å². The molecule has 1 aromatic rings. The van der Waals surface area contributed by atoms with E-state index in [4.69, 9.17) is 0 Å². The molecule has 19 heavy (non-hydrogen) atoms. The minimum Gasteiger partial charge on any atom is -0.300 e. The van der Waals surface area contributed by atoms with Crippen LogP contribution in [0.1, 0.15) is 43.7 Å². The van der Waals surface area contributed by atoms with Crippen molar-refractivity contribution in [1.82, 2.24) is 4.90 Å². The van der Waals surface area contributed by atoms with E-state index in [0.717, 1.165) is 19.3 Å². The zero-order chi connectivity index (χ0) is 14.0. The van der Waals surface area contributed by atoms with Crippen LogP contribution in [0.3, 0.4) is 0 Å². The summed E-state index contributed by atoms with van der Waals surface area (Å²) in [4.78, 5) is 14.3. The van der Waals surface area contributed by atoms with Gasteiger partial charge < -0.3 is 0 Å². The number of hydrogen-bond acceptors (Lipinski definition) is 2. The van der Waals surface area contributed by atoms with Crippen LogP contribution in [-0.2, 0) is 10.3 Å². The van der Waals surface area contributed by atoms with Crippen LogP contribution in [-0.4, -0.2) is 24.8 Å². The number of rotatable bonds is 3. The molecule has 0 radical (unpaired) electrons. The quantitative estimate of drug-likeness (QED) is 0.827. The van der Waals surface area contributed by atoms with Crippen molar-refractivity contribution in [2.24, 2.45) is 5.92 Å². The summed E-state index contributed by atoms with van der Waals surface area (Å²) >= 11 is 0. The maximum Gasteiger partial charge on any atom is 0.136 e. The first kappa shape index (κ1) is 14.3. The molecule has 1 fully saturated rings. The molecule has 0 aliphatic heterocycles. The van der Waals surface area contributed by atoms with Crippen molar-refractivity contribution in [2.45, 2.75) is 45.1 Å². The van der Waals surface area contributed by atoms with E-state index >= 15 is 0 Å². The lowest BCUT2D eigenvalue weighted by atomic mass is 9.70. The van der Waals surface area contributed by atoms with Gasteiger partial charge in [-0.3, -0.25) is 9.69 Å². The van der Waals surface area contributed by atoms with Crippen molar-refractivity contribution in [1.29, 1.82) is 0 Å². The Bertz CT molecular complexity index is 449. The Kier molecular flexibility index (Phi) is 4.10. The first-order valence-corrected chi connectivity index (χ1v) is 7.27. The minimum atomic E-state index is 0.0300. The number of benzene rings is 1. The average molecular weight is 259 g/mol. The molecule has 2 rings (SSSR count). The van der Waals surface area contributed by atoms with Gasteiger partial charge in [0.15, 0.2) is 0 Å². The fourth-order valence-corrected chi connectivity index (χ4v) is 3.32. The van der Waals surface area contributed by atoms with Crippen molar-refractivity contribution >= 4 is 5.78 Å². The summed E-state index contributed by atoms with van der Waals surface area (Å²) in [6.45, 7) is 4.24. The molecular weight excluding hydrogens is 234 g/mol. The van der Waals surface area contributed by atoms with Crippen molar-refractivity contribution in [3.8, 4) is 0 Å². The van der Waals surface area contributed by atoms with Gasteiger partial charge in [-0.05, 0) is 45.8 Å². The van der Waals surface area contributed by atoms with Gasteiger partial charge in [-0.25, -0.2) is 0 Å². The fraction of sp³-hybridized carbons (Fsp3) is 0.588. The summed E-state index contributed by atoms with van der Waals surface area (Å²) in [5, 5.41) is 0. The van der Waals surface area contributed by atoms with Gasteiger partial charge >= 0.3 is 0 Å². The highest BCUT2D eigenvalue weighted by Crippen LogP contribution is 2.43. The number of carbonyl (C=O) groups is 1. The molecule has 0 saturated heterocycles. The summed E-state index contributed by atoms with van der Waals surface area (Å²) in [5.74, 6) is 0.671. The molecule has 2 nitrogen and oxygen atoms in total. The van der Waals surface area contributed by atoms with Gasteiger partial charge in [0.1, 0.15) is 5.78 Å². The van der Waals surface area contributed by atoms with Gasteiger partial charge in [-0.2, -0.15) is 0 Å². The highest BCUT2D eigenvalue weighted by molar-refractivity contribution is 5.82. The molecule has 104 valence electrons. The second kappa shape index (κ2) is 5.46. The molecule has 0 amide bonds. The number of Topliss-reactive ketones (excluding diaryl/α,β-unsaturated/α-hetero) is 1. The zero-order valence-corrected chi connectivity index (χ0v) is 12.6. The summed E-state index contributed by atoms with van der Waals surface area (Å²) in [5.41, 5.74) is 2.67. The fourth-order valence-electron chi connectivity index (χ4n) is 3.32. The van der Waals surface area contributed by atoms with Crippen molar-refractivity contribution in [3.63, 3.8) is 0 Å². The van der Waals surface area contributed by atoms with E-state index in [1.165, 1.54) is 11.1 Å². The second-order valence-corrected chi connectivity index (χ2v) is 6.07. The molecule has 0 bridgehead atoms. The largest absolute Gasteiger partial charge is 0.300 e. The molecule has 2 unspecified atom stereocenters. The number of ketones is 1. The first-order chi connectivity index (χ1) is 8.99. The van der Waals surface area contributed by atoms with Gasteiger partial charge in [-0.1, -0.05) is 36.8 Å². The van der Waals surface area contributed by atoms with Crippen LogP contribution >= 0.6 is 0 Å². The Morgan fingerprint density at radius 3 is 2.42 bits per heavy atom. The second-order valence-electron chi connectivity index (χ2n) is 6.07. The number of aryl methyl sites for hydroxylation is 1. The third kappa shape index (κ3) is 2.59. The molecule has 0 spiro atoms. The normalized spacial score (nSPS) is 27.8. The smallest absolute Gasteiger partial charge is 0.136 e. The van der Waals surface area contributed by atoms with Crippen LogP contribution in [0.5, 0.6) is 0 Å². The standard InChI is InChI=1S/C17H25NO/c1-5-14-12-17(18(3)4,11-10-16(14)19)15-8-6-13(2)7-9-15/h6-9,14H,5,10-12H2,1-4H3. The zero-order valence-electron chi connectivity index (χ0n) is 12.6. The van der Waals surface area contributed by atoms with Gasteiger partial charge in [0, 0.05) is 17.9 Å². The van der Waals surface area contributed by atoms with Crippen molar-refractivity contribution in [3.05, 3.63) is 35.4 Å². The summed E-state index contributed by atoms with van der Waals surface area (Å²) in [7, 11) is 4.28. The number of carbonyl (C=O) groups excluding carboxylic acids is 1. The molecule has 2 atom stereocenters. The molecular formula is C17H25NO. The van der Waals surface area contributed by atoms with Gasteiger partial charge in [0.25, 0.3) is 0 Å². The highest BCUT2D eigenvalue weighted by atomic mass is 16.1. The van der Waals surface area contributed by atoms with Crippen LogP contribution in [0.15, 0.2) is 24.3 Å². The Morgan fingerprint density at radius 2 is 1.89 bits per heavy atom. The Balaban J connectivity index is 2.38. The molecule has 0 N–H and O–H groups in total. The topological polar surface area (TPSA) is 20.3 Å². The molecule has 1 aliphatic carbocycles. The lowest BCUT2D eigenvalue weighted by Crippen LogP contribution is -2.47.